The molecule has 3 rings (SSSR count). The number of ether oxygens (including phenoxy) is 1. The average Bonchev–Trinajstić information content (AvgIpc) is 3.04. The summed E-state index contributed by atoms with van der Waals surface area (Å²) >= 11 is 0. The van der Waals surface area contributed by atoms with Gasteiger partial charge in [0.05, 0.1) is 17.0 Å². The van der Waals surface area contributed by atoms with Crippen LogP contribution < -0.4 is 0 Å². The van der Waals surface area contributed by atoms with E-state index >= 15 is 0 Å². The standard InChI is InChI=1S/C16H18N4O6/c1-26-9-16(15(22)23)5-2-6-19(8-16)14(21)13-11-7-10(20(24)25)3-4-12(11)17-18-13/h3-4,7H,2,5-6,8-9H2,1H3,(H,17,18)(H,22,23). The maximum Gasteiger partial charge on any atom is 0.313 e. The first-order valence-corrected chi connectivity index (χ1v) is 8.02. The van der Waals surface area contributed by atoms with Gasteiger partial charge in [-0.25, -0.2) is 0 Å². The van der Waals surface area contributed by atoms with Gasteiger partial charge in [0, 0.05) is 37.7 Å². The summed E-state index contributed by atoms with van der Waals surface area (Å²) in [7, 11) is 1.42. The number of rotatable bonds is 5. The fourth-order valence-corrected chi connectivity index (χ4v) is 3.36. The van der Waals surface area contributed by atoms with Crippen molar-refractivity contribution in [3.05, 3.63) is 34.0 Å². The number of nitro groups is 1. The Morgan fingerprint density at radius 1 is 1.50 bits per heavy atom. The Balaban J connectivity index is 1.94. The van der Waals surface area contributed by atoms with E-state index in [2.05, 4.69) is 10.2 Å². The number of aliphatic carboxylic acids is 1. The van der Waals surface area contributed by atoms with Crippen LogP contribution in [0.3, 0.4) is 0 Å². The van der Waals surface area contributed by atoms with Crippen molar-refractivity contribution >= 4 is 28.5 Å². The van der Waals surface area contributed by atoms with Crippen LogP contribution in [0.25, 0.3) is 10.9 Å². The molecule has 2 heterocycles. The van der Waals surface area contributed by atoms with Gasteiger partial charge in [-0.2, -0.15) is 5.10 Å². The number of aromatic nitrogens is 2. The largest absolute Gasteiger partial charge is 0.481 e. The van der Waals surface area contributed by atoms with Crippen LogP contribution in [0.15, 0.2) is 18.2 Å². The van der Waals surface area contributed by atoms with E-state index in [1.165, 1.54) is 30.2 Å². The normalized spacial score (nSPS) is 20.3. The van der Waals surface area contributed by atoms with Gasteiger partial charge < -0.3 is 14.7 Å². The molecule has 1 amide bonds. The number of amides is 1. The number of non-ortho nitro benzene ring substituents is 1. The number of fused-ring (bicyclic) bond motifs is 1. The molecule has 1 aliphatic heterocycles. The molecular formula is C16H18N4O6. The minimum atomic E-state index is -1.17. The third kappa shape index (κ3) is 2.99. The van der Waals surface area contributed by atoms with E-state index in [9.17, 15) is 24.8 Å². The highest BCUT2D eigenvalue weighted by atomic mass is 16.6. The Bertz CT molecular complexity index is 875. The molecule has 10 nitrogen and oxygen atoms in total. The minimum Gasteiger partial charge on any atom is -0.481 e. The van der Waals surface area contributed by atoms with Crippen molar-refractivity contribution in [2.45, 2.75) is 12.8 Å². The summed E-state index contributed by atoms with van der Waals surface area (Å²) in [5.41, 5.74) is -0.772. The van der Waals surface area contributed by atoms with Crippen molar-refractivity contribution in [2.75, 3.05) is 26.8 Å². The molecule has 26 heavy (non-hydrogen) atoms. The second-order valence-electron chi connectivity index (χ2n) is 6.41. The van der Waals surface area contributed by atoms with Gasteiger partial charge in [0.15, 0.2) is 5.69 Å². The van der Waals surface area contributed by atoms with Crippen LogP contribution >= 0.6 is 0 Å². The number of nitrogens with zero attached hydrogens (tertiary/aromatic N) is 3. The van der Waals surface area contributed by atoms with Gasteiger partial charge in [0.25, 0.3) is 11.6 Å². The smallest absolute Gasteiger partial charge is 0.313 e. The highest BCUT2D eigenvalue weighted by molar-refractivity contribution is 6.05. The van der Waals surface area contributed by atoms with Gasteiger partial charge in [-0.3, -0.25) is 24.8 Å². The fourth-order valence-electron chi connectivity index (χ4n) is 3.36. The molecule has 1 aromatic carbocycles. The van der Waals surface area contributed by atoms with Crippen LogP contribution in [0.1, 0.15) is 23.3 Å². The minimum absolute atomic E-state index is 0.00109. The lowest BCUT2D eigenvalue weighted by molar-refractivity contribution is -0.384. The van der Waals surface area contributed by atoms with Gasteiger partial charge >= 0.3 is 5.97 Å². The number of carbonyl (C=O) groups is 2. The van der Waals surface area contributed by atoms with Crippen molar-refractivity contribution in [1.82, 2.24) is 15.1 Å². The van der Waals surface area contributed by atoms with E-state index in [1.54, 1.807) is 0 Å². The average molecular weight is 362 g/mol. The number of carboxylic acids is 1. The number of hydrogen-bond acceptors (Lipinski definition) is 6. The second kappa shape index (κ2) is 6.71. The molecule has 0 bridgehead atoms. The molecule has 1 saturated heterocycles. The van der Waals surface area contributed by atoms with Crippen LogP contribution in [0.2, 0.25) is 0 Å². The summed E-state index contributed by atoms with van der Waals surface area (Å²) < 4.78 is 5.06. The quantitative estimate of drug-likeness (QED) is 0.606. The Hall–Kier alpha value is -3.01. The summed E-state index contributed by atoms with van der Waals surface area (Å²) in [4.78, 5) is 36.5. The topological polar surface area (TPSA) is 139 Å². The lowest BCUT2D eigenvalue weighted by Gasteiger charge is -2.39. The van der Waals surface area contributed by atoms with E-state index < -0.39 is 22.2 Å². The number of piperidine rings is 1. The second-order valence-corrected chi connectivity index (χ2v) is 6.41. The van der Waals surface area contributed by atoms with Gasteiger partial charge in [0.1, 0.15) is 5.41 Å². The molecule has 138 valence electrons. The number of carbonyl (C=O) groups excluding carboxylic acids is 1. The number of H-pyrrole nitrogens is 1. The van der Waals surface area contributed by atoms with E-state index in [-0.39, 0.29) is 24.5 Å². The number of hydrogen-bond donors (Lipinski definition) is 2. The molecular weight excluding hydrogens is 344 g/mol. The van der Waals surface area contributed by atoms with E-state index in [0.29, 0.717) is 30.3 Å². The lowest BCUT2D eigenvalue weighted by atomic mass is 9.80. The molecule has 1 aromatic heterocycles. The summed E-state index contributed by atoms with van der Waals surface area (Å²) in [5.74, 6) is -1.47. The molecule has 2 aromatic rings. The predicted octanol–water partition coefficient (Wildman–Crippen LogP) is 1.42. The molecule has 0 saturated carbocycles. The third-order valence-corrected chi connectivity index (χ3v) is 4.70. The zero-order valence-corrected chi connectivity index (χ0v) is 14.1. The first-order valence-electron chi connectivity index (χ1n) is 8.02. The van der Waals surface area contributed by atoms with Gasteiger partial charge in [-0.1, -0.05) is 0 Å². The molecule has 1 unspecified atom stereocenters. The Morgan fingerprint density at radius 2 is 2.27 bits per heavy atom. The number of aromatic amines is 1. The van der Waals surface area contributed by atoms with Gasteiger partial charge in [-0.05, 0) is 18.9 Å². The van der Waals surface area contributed by atoms with Crippen LogP contribution in [0, 0.1) is 15.5 Å². The summed E-state index contributed by atoms with van der Waals surface area (Å²) in [5, 5.41) is 27.6. The van der Waals surface area contributed by atoms with E-state index in [0.717, 1.165) is 0 Å². The van der Waals surface area contributed by atoms with Crippen molar-refractivity contribution in [3.63, 3.8) is 0 Å². The molecule has 1 atom stereocenters. The molecule has 0 spiro atoms. The van der Waals surface area contributed by atoms with Gasteiger partial charge in [-0.15, -0.1) is 0 Å². The lowest BCUT2D eigenvalue weighted by Crippen LogP contribution is -2.52. The Labute approximate surface area is 147 Å². The van der Waals surface area contributed by atoms with Crippen LogP contribution in [-0.4, -0.2) is 63.8 Å². The first-order chi connectivity index (χ1) is 12.4. The highest BCUT2D eigenvalue weighted by Crippen LogP contribution is 2.32. The number of nitrogens with one attached hydrogen (secondary N) is 1. The van der Waals surface area contributed by atoms with E-state index in [1.807, 2.05) is 0 Å². The molecule has 1 fully saturated rings. The van der Waals surface area contributed by atoms with Crippen LogP contribution in [0.4, 0.5) is 5.69 Å². The van der Waals surface area contributed by atoms with Crippen LogP contribution in [-0.2, 0) is 9.53 Å². The van der Waals surface area contributed by atoms with Crippen molar-refractivity contribution < 1.29 is 24.4 Å². The number of carboxylic acid groups (broad SMARTS) is 1. The molecule has 0 aliphatic carbocycles. The first kappa shape index (κ1) is 17.8. The summed E-state index contributed by atoms with van der Waals surface area (Å²) in [6.45, 7) is 0.387. The molecule has 0 radical (unpaired) electrons. The highest BCUT2D eigenvalue weighted by Gasteiger charge is 2.44. The Kier molecular flexibility index (Phi) is 4.60. The van der Waals surface area contributed by atoms with Crippen LogP contribution in [0.5, 0.6) is 0 Å². The summed E-state index contributed by atoms with van der Waals surface area (Å²) in [6.07, 6.45) is 0.927. The SMILES string of the molecule is COCC1(C(=O)O)CCCN(C(=O)c2n[nH]c3ccc([N+](=O)[O-])cc23)C1. The number of methoxy groups -OCH3 is 1. The Morgan fingerprint density at radius 3 is 2.92 bits per heavy atom. The van der Waals surface area contributed by atoms with Crippen molar-refractivity contribution in [2.24, 2.45) is 5.41 Å². The predicted molar refractivity (Wildman–Crippen MR) is 89.8 cm³/mol. The zero-order chi connectivity index (χ0) is 18.9. The monoisotopic (exact) mass is 362 g/mol. The van der Waals surface area contributed by atoms with E-state index in [4.69, 9.17) is 4.74 Å². The number of likely N-dealkylation sites (tertiary alicyclic amines) is 1. The van der Waals surface area contributed by atoms with Crippen molar-refractivity contribution in [1.29, 1.82) is 0 Å². The number of nitro benzene ring substituents is 1. The fraction of sp³-hybridized carbons (Fsp3) is 0.438. The zero-order valence-electron chi connectivity index (χ0n) is 14.1. The van der Waals surface area contributed by atoms with Crippen molar-refractivity contribution in [3.8, 4) is 0 Å². The van der Waals surface area contributed by atoms with Gasteiger partial charge in [0.2, 0.25) is 0 Å². The maximum absolute atomic E-state index is 12.9. The third-order valence-electron chi connectivity index (χ3n) is 4.70. The molecule has 2 N–H and O–H groups in total. The molecule has 1 aliphatic rings. The maximum atomic E-state index is 12.9. The summed E-state index contributed by atoms with van der Waals surface area (Å²) in [6, 6.07) is 4.10. The number of benzene rings is 1. The molecule has 10 heteroatoms.